The van der Waals surface area contributed by atoms with Crippen molar-refractivity contribution in [3.05, 3.63) is 53.6 Å². The third kappa shape index (κ3) is 2.88. The Bertz CT molecular complexity index is 588. The summed E-state index contributed by atoms with van der Waals surface area (Å²) in [5.74, 6) is 1.11. The third-order valence-electron chi connectivity index (χ3n) is 4.55. The van der Waals surface area contributed by atoms with Gasteiger partial charge in [0.05, 0.1) is 12.1 Å². The molecule has 1 heterocycles. The molecule has 3 rings (SSSR count). The molecule has 3 nitrogen and oxygen atoms in total. The van der Waals surface area contributed by atoms with Gasteiger partial charge in [0, 0.05) is 12.4 Å². The zero-order valence-corrected chi connectivity index (χ0v) is 13.0. The van der Waals surface area contributed by atoms with E-state index in [4.69, 9.17) is 0 Å². The number of nitrogens with one attached hydrogen (secondary N) is 1. The molecule has 1 aromatic carbocycles. The molecule has 2 atom stereocenters. The van der Waals surface area contributed by atoms with Gasteiger partial charge < -0.3 is 9.88 Å². The van der Waals surface area contributed by atoms with Crippen molar-refractivity contribution in [1.82, 2.24) is 14.9 Å². The highest BCUT2D eigenvalue weighted by Gasteiger charge is 2.28. The lowest BCUT2D eigenvalue weighted by Crippen LogP contribution is -2.31. The summed E-state index contributed by atoms with van der Waals surface area (Å²) in [7, 11) is 0. The van der Waals surface area contributed by atoms with Gasteiger partial charge in [-0.3, -0.25) is 0 Å². The summed E-state index contributed by atoms with van der Waals surface area (Å²) in [6.07, 6.45) is 8.84. The van der Waals surface area contributed by atoms with Crippen LogP contribution in [0.3, 0.4) is 0 Å². The van der Waals surface area contributed by atoms with Crippen LogP contribution in [0, 0.1) is 6.92 Å². The van der Waals surface area contributed by atoms with Gasteiger partial charge in [-0.05, 0) is 50.3 Å². The van der Waals surface area contributed by atoms with Gasteiger partial charge in [-0.1, -0.05) is 31.2 Å². The van der Waals surface area contributed by atoms with E-state index in [1.807, 2.05) is 6.20 Å². The van der Waals surface area contributed by atoms with Gasteiger partial charge in [0.2, 0.25) is 0 Å². The maximum absolute atomic E-state index is 4.43. The number of benzene rings is 1. The highest BCUT2D eigenvalue weighted by molar-refractivity contribution is 5.32. The van der Waals surface area contributed by atoms with Crippen LogP contribution in [0.4, 0.5) is 0 Å². The average molecular weight is 283 g/mol. The maximum Gasteiger partial charge on any atom is 0.105 e. The number of imidazole rings is 1. The van der Waals surface area contributed by atoms with Crippen LogP contribution in [0.5, 0.6) is 0 Å². The molecule has 0 saturated heterocycles. The lowest BCUT2D eigenvalue weighted by molar-refractivity contribution is 0.334. The molecule has 0 saturated carbocycles. The Hall–Kier alpha value is -1.61. The number of rotatable bonds is 4. The minimum atomic E-state index is 0.386. The van der Waals surface area contributed by atoms with Gasteiger partial charge in [0.1, 0.15) is 5.82 Å². The zero-order chi connectivity index (χ0) is 14.7. The van der Waals surface area contributed by atoms with E-state index in [-0.39, 0.29) is 0 Å². The summed E-state index contributed by atoms with van der Waals surface area (Å²) in [5.41, 5.74) is 2.98. The minimum absolute atomic E-state index is 0.386. The van der Waals surface area contributed by atoms with Crippen LogP contribution >= 0.6 is 0 Å². The molecule has 1 aromatic heterocycles. The quantitative estimate of drug-likeness (QED) is 0.865. The highest BCUT2D eigenvalue weighted by atomic mass is 15.1. The fourth-order valence-electron chi connectivity index (χ4n) is 3.52. The largest absolute Gasteiger partial charge is 0.330 e. The Morgan fingerprint density at radius 2 is 2.19 bits per heavy atom. The van der Waals surface area contributed by atoms with E-state index in [9.17, 15) is 0 Å². The monoisotopic (exact) mass is 283 g/mol. The minimum Gasteiger partial charge on any atom is -0.330 e. The first-order valence-electron chi connectivity index (χ1n) is 8.12. The average Bonchev–Trinajstić information content (AvgIpc) is 2.84. The number of fused-ring (bicyclic) bond motifs is 1. The summed E-state index contributed by atoms with van der Waals surface area (Å²) in [5, 5.41) is 3.78. The fourth-order valence-corrected chi connectivity index (χ4v) is 3.52. The maximum atomic E-state index is 4.43. The molecule has 3 heteroatoms. The van der Waals surface area contributed by atoms with Crippen LogP contribution in [0.2, 0.25) is 0 Å². The van der Waals surface area contributed by atoms with Gasteiger partial charge in [-0.15, -0.1) is 0 Å². The molecule has 0 bridgehead atoms. The smallest absolute Gasteiger partial charge is 0.105 e. The highest BCUT2D eigenvalue weighted by Crippen LogP contribution is 2.36. The SMILES string of the molecule is CCCNC1c2ccccc2CCCC1n1ccnc1C. The molecule has 0 fully saturated rings. The van der Waals surface area contributed by atoms with Gasteiger partial charge in [-0.2, -0.15) is 0 Å². The normalized spacial score (nSPS) is 21.8. The van der Waals surface area contributed by atoms with E-state index >= 15 is 0 Å². The number of aryl methyl sites for hydroxylation is 2. The molecule has 0 aliphatic heterocycles. The molecule has 112 valence electrons. The van der Waals surface area contributed by atoms with Crippen molar-refractivity contribution >= 4 is 0 Å². The second-order valence-corrected chi connectivity index (χ2v) is 5.97. The van der Waals surface area contributed by atoms with Crippen molar-refractivity contribution in [3.8, 4) is 0 Å². The molecule has 2 unspecified atom stereocenters. The Kier molecular flexibility index (Phi) is 4.39. The summed E-state index contributed by atoms with van der Waals surface area (Å²) in [4.78, 5) is 4.43. The van der Waals surface area contributed by atoms with Crippen molar-refractivity contribution in [3.63, 3.8) is 0 Å². The molecular weight excluding hydrogens is 258 g/mol. The van der Waals surface area contributed by atoms with Crippen LogP contribution in [-0.2, 0) is 6.42 Å². The standard InChI is InChI=1S/C18H25N3/c1-3-11-20-18-16-9-5-4-7-15(16)8-6-10-17(18)21-13-12-19-14(21)2/h4-5,7,9,12-13,17-18,20H,3,6,8,10-11H2,1-2H3. The predicted molar refractivity (Wildman–Crippen MR) is 86.4 cm³/mol. The molecule has 1 aliphatic carbocycles. The zero-order valence-electron chi connectivity index (χ0n) is 13.0. The van der Waals surface area contributed by atoms with E-state index in [2.05, 4.69) is 59.2 Å². The van der Waals surface area contributed by atoms with Gasteiger partial charge in [0.25, 0.3) is 0 Å². The first-order chi connectivity index (χ1) is 10.3. The molecule has 1 N–H and O–H groups in total. The van der Waals surface area contributed by atoms with E-state index in [1.54, 1.807) is 0 Å². The van der Waals surface area contributed by atoms with Crippen LogP contribution in [0.1, 0.15) is 55.2 Å². The van der Waals surface area contributed by atoms with Crippen molar-refractivity contribution in [2.75, 3.05) is 6.54 Å². The van der Waals surface area contributed by atoms with Crippen LogP contribution in [-0.4, -0.2) is 16.1 Å². The molecule has 1 aliphatic rings. The van der Waals surface area contributed by atoms with Crippen LogP contribution in [0.15, 0.2) is 36.7 Å². The lowest BCUT2D eigenvalue weighted by atomic mass is 9.95. The summed E-state index contributed by atoms with van der Waals surface area (Å²) < 4.78 is 2.36. The topological polar surface area (TPSA) is 29.9 Å². The molecule has 0 amide bonds. The first kappa shape index (κ1) is 14.3. The van der Waals surface area contributed by atoms with Crippen molar-refractivity contribution in [1.29, 1.82) is 0 Å². The van der Waals surface area contributed by atoms with Crippen molar-refractivity contribution in [2.24, 2.45) is 0 Å². The van der Waals surface area contributed by atoms with E-state index in [0.29, 0.717) is 12.1 Å². The Morgan fingerprint density at radius 3 is 2.95 bits per heavy atom. The van der Waals surface area contributed by atoms with Crippen molar-refractivity contribution in [2.45, 2.75) is 51.6 Å². The summed E-state index contributed by atoms with van der Waals surface area (Å²) >= 11 is 0. The number of hydrogen-bond acceptors (Lipinski definition) is 2. The first-order valence-corrected chi connectivity index (χ1v) is 8.12. The molecule has 0 spiro atoms. The summed E-state index contributed by atoms with van der Waals surface area (Å²) in [6.45, 7) is 5.39. The second kappa shape index (κ2) is 6.44. The summed E-state index contributed by atoms with van der Waals surface area (Å²) in [6, 6.07) is 9.77. The second-order valence-electron chi connectivity index (χ2n) is 5.97. The Morgan fingerprint density at radius 1 is 1.33 bits per heavy atom. The van der Waals surface area contributed by atoms with Crippen molar-refractivity contribution < 1.29 is 0 Å². The molecule has 0 radical (unpaired) electrons. The lowest BCUT2D eigenvalue weighted by Gasteiger charge is -2.29. The van der Waals surface area contributed by atoms with Gasteiger partial charge in [-0.25, -0.2) is 4.98 Å². The molecular formula is C18H25N3. The van der Waals surface area contributed by atoms with Gasteiger partial charge in [0.15, 0.2) is 0 Å². The predicted octanol–water partition coefficient (Wildman–Crippen LogP) is 3.81. The Balaban J connectivity index is 2.00. The van der Waals surface area contributed by atoms with E-state index < -0.39 is 0 Å². The number of hydrogen-bond donors (Lipinski definition) is 1. The Labute approximate surface area is 127 Å². The van der Waals surface area contributed by atoms with Crippen LogP contribution in [0.25, 0.3) is 0 Å². The van der Waals surface area contributed by atoms with Gasteiger partial charge >= 0.3 is 0 Å². The number of nitrogens with zero attached hydrogens (tertiary/aromatic N) is 2. The van der Waals surface area contributed by atoms with E-state index in [1.165, 1.54) is 30.4 Å². The third-order valence-corrected chi connectivity index (χ3v) is 4.55. The van der Waals surface area contributed by atoms with Crippen LogP contribution < -0.4 is 5.32 Å². The fraction of sp³-hybridized carbons (Fsp3) is 0.500. The van der Waals surface area contributed by atoms with E-state index in [0.717, 1.165) is 18.8 Å². The molecule has 2 aromatic rings. The molecule has 21 heavy (non-hydrogen) atoms. The number of aromatic nitrogens is 2.